The summed E-state index contributed by atoms with van der Waals surface area (Å²) in [5, 5.41) is 11.0. The monoisotopic (exact) mass is 548 g/mol. The molecule has 0 atom stereocenters. The van der Waals surface area contributed by atoms with Gasteiger partial charge in [0.05, 0.1) is 22.5 Å². The Morgan fingerprint density at radius 2 is 1.65 bits per heavy atom. The van der Waals surface area contributed by atoms with Crippen LogP contribution in [0.15, 0.2) is 94.9 Å². The van der Waals surface area contributed by atoms with Gasteiger partial charge in [-0.15, -0.1) is 0 Å². The highest BCUT2D eigenvalue weighted by molar-refractivity contribution is 7.99. The highest BCUT2D eigenvalue weighted by Gasteiger charge is 2.26. The standard InChI is InChI=1S/C29H22Cl2N2O3S/c30-20-8-10-21(11-9-20)33(17-18-5-6-18)22-12-13-25(32-16-22)28(34)19-7-14-26(23(15-19)29(35)36)37-27-4-2-1-3-24(27)31/h1-4,7-16,18H,5-6,17H2,(H,35,36). The van der Waals surface area contributed by atoms with Gasteiger partial charge in [-0.25, -0.2) is 4.79 Å². The zero-order chi connectivity index (χ0) is 25.9. The van der Waals surface area contributed by atoms with E-state index in [0.717, 1.165) is 22.8 Å². The van der Waals surface area contributed by atoms with Crippen LogP contribution in [-0.4, -0.2) is 28.4 Å². The SMILES string of the molecule is O=C(c1ccc(Sc2ccccc2Cl)c(C(=O)O)c1)c1ccc(N(CC2CC2)c2ccc(Cl)cc2)cn1. The van der Waals surface area contributed by atoms with Crippen LogP contribution in [-0.2, 0) is 0 Å². The number of nitrogens with zero attached hydrogens (tertiary/aromatic N) is 2. The Kier molecular flexibility index (Phi) is 7.51. The first-order valence-corrected chi connectivity index (χ1v) is 13.3. The summed E-state index contributed by atoms with van der Waals surface area (Å²) in [6, 6.07) is 23.1. The normalized spacial score (nSPS) is 12.8. The summed E-state index contributed by atoms with van der Waals surface area (Å²) < 4.78 is 0. The van der Waals surface area contributed by atoms with Crippen molar-refractivity contribution in [3.8, 4) is 0 Å². The van der Waals surface area contributed by atoms with Gasteiger partial charge in [0.15, 0.2) is 0 Å². The Hall–Kier alpha value is -3.32. The van der Waals surface area contributed by atoms with Crippen molar-refractivity contribution in [2.75, 3.05) is 11.4 Å². The quantitative estimate of drug-likeness (QED) is 0.213. The number of ketones is 1. The summed E-state index contributed by atoms with van der Waals surface area (Å²) in [4.78, 5) is 33.0. The second-order valence-electron chi connectivity index (χ2n) is 8.81. The molecule has 0 saturated heterocycles. The molecule has 1 aliphatic carbocycles. The number of hydrogen-bond donors (Lipinski definition) is 1. The van der Waals surface area contributed by atoms with Crippen molar-refractivity contribution in [2.24, 2.45) is 5.92 Å². The molecule has 0 spiro atoms. The molecule has 0 aliphatic heterocycles. The van der Waals surface area contributed by atoms with Crippen molar-refractivity contribution in [1.82, 2.24) is 4.98 Å². The number of carbonyl (C=O) groups excluding carboxylic acids is 1. The van der Waals surface area contributed by atoms with Crippen molar-refractivity contribution in [1.29, 1.82) is 0 Å². The van der Waals surface area contributed by atoms with E-state index in [1.807, 2.05) is 48.5 Å². The maximum atomic E-state index is 13.2. The number of carbonyl (C=O) groups is 2. The lowest BCUT2D eigenvalue weighted by atomic mass is 10.0. The summed E-state index contributed by atoms with van der Waals surface area (Å²) in [7, 11) is 0. The lowest BCUT2D eigenvalue weighted by molar-refractivity contribution is 0.0693. The maximum Gasteiger partial charge on any atom is 0.336 e. The molecule has 0 bridgehead atoms. The molecule has 1 heterocycles. The average Bonchev–Trinajstić information content (AvgIpc) is 3.73. The minimum absolute atomic E-state index is 0.0331. The summed E-state index contributed by atoms with van der Waals surface area (Å²) in [5.41, 5.74) is 2.42. The summed E-state index contributed by atoms with van der Waals surface area (Å²) in [5.74, 6) is -0.830. The van der Waals surface area contributed by atoms with Crippen LogP contribution < -0.4 is 4.90 Å². The largest absolute Gasteiger partial charge is 0.478 e. The van der Waals surface area contributed by atoms with Gasteiger partial charge in [-0.2, -0.15) is 0 Å². The van der Waals surface area contributed by atoms with Crippen molar-refractivity contribution in [3.63, 3.8) is 0 Å². The first-order valence-electron chi connectivity index (χ1n) is 11.7. The smallest absolute Gasteiger partial charge is 0.336 e. The first-order chi connectivity index (χ1) is 17.9. The number of halogens is 2. The van der Waals surface area contributed by atoms with Crippen LogP contribution in [0.2, 0.25) is 10.0 Å². The Balaban J connectivity index is 1.39. The molecular weight excluding hydrogens is 527 g/mol. The highest BCUT2D eigenvalue weighted by Crippen LogP contribution is 2.37. The second-order valence-corrected chi connectivity index (χ2v) is 10.7. The summed E-state index contributed by atoms with van der Waals surface area (Å²) in [6.45, 7) is 0.864. The molecule has 5 nitrogen and oxygen atoms in total. The molecule has 1 fully saturated rings. The van der Waals surface area contributed by atoms with Gasteiger partial charge in [0, 0.05) is 32.6 Å². The Morgan fingerprint density at radius 1 is 0.919 bits per heavy atom. The molecule has 186 valence electrons. The fraction of sp³-hybridized carbons (Fsp3) is 0.138. The van der Waals surface area contributed by atoms with Crippen LogP contribution in [0.1, 0.15) is 39.3 Å². The molecule has 0 amide bonds. The van der Waals surface area contributed by atoms with E-state index in [9.17, 15) is 14.7 Å². The molecule has 1 aromatic heterocycles. The van der Waals surface area contributed by atoms with E-state index in [-0.39, 0.29) is 22.6 Å². The number of benzene rings is 3. The van der Waals surface area contributed by atoms with Gasteiger partial charge in [-0.3, -0.25) is 9.78 Å². The van der Waals surface area contributed by atoms with E-state index in [4.69, 9.17) is 23.2 Å². The van der Waals surface area contributed by atoms with Crippen molar-refractivity contribution in [2.45, 2.75) is 22.6 Å². The summed E-state index contributed by atoms with van der Waals surface area (Å²) in [6.07, 6.45) is 4.08. The second kappa shape index (κ2) is 11.0. The van der Waals surface area contributed by atoms with Gasteiger partial charge >= 0.3 is 5.97 Å². The molecular formula is C29H22Cl2N2O3S. The van der Waals surface area contributed by atoms with Crippen molar-refractivity contribution in [3.05, 3.63) is 112 Å². The van der Waals surface area contributed by atoms with Crippen molar-refractivity contribution < 1.29 is 14.7 Å². The number of hydrogen-bond acceptors (Lipinski definition) is 5. The van der Waals surface area contributed by atoms with Crippen LogP contribution >= 0.6 is 35.0 Å². The van der Waals surface area contributed by atoms with E-state index in [1.54, 1.807) is 30.5 Å². The topological polar surface area (TPSA) is 70.5 Å². The number of carboxylic acids is 1. The van der Waals surface area contributed by atoms with Crippen LogP contribution in [0, 0.1) is 5.92 Å². The van der Waals surface area contributed by atoms with Gasteiger partial charge in [0.2, 0.25) is 5.78 Å². The predicted molar refractivity (Wildman–Crippen MR) is 148 cm³/mol. The molecule has 1 N–H and O–H groups in total. The fourth-order valence-corrected chi connectivity index (χ4v) is 5.26. The minimum atomic E-state index is -1.12. The molecule has 3 aromatic carbocycles. The zero-order valence-electron chi connectivity index (χ0n) is 19.6. The predicted octanol–water partition coefficient (Wildman–Crippen LogP) is 8.02. The molecule has 37 heavy (non-hydrogen) atoms. The highest BCUT2D eigenvalue weighted by atomic mass is 35.5. The van der Waals surface area contributed by atoms with E-state index >= 15 is 0 Å². The number of anilines is 2. The van der Waals surface area contributed by atoms with Gasteiger partial charge in [-0.1, -0.05) is 47.1 Å². The summed E-state index contributed by atoms with van der Waals surface area (Å²) >= 11 is 13.6. The van der Waals surface area contributed by atoms with Gasteiger partial charge < -0.3 is 10.0 Å². The van der Waals surface area contributed by atoms with Gasteiger partial charge in [-0.05, 0) is 85.5 Å². The van der Waals surface area contributed by atoms with Gasteiger partial charge in [0.25, 0.3) is 0 Å². The van der Waals surface area contributed by atoms with Crippen LogP contribution in [0.3, 0.4) is 0 Å². The Labute approximate surface area is 229 Å². The lowest BCUT2D eigenvalue weighted by Gasteiger charge is -2.25. The maximum absolute atomic E-state index is 13.2. The van der Waals surface area contributed by atoms with E-state index in [2.05, 4.69) is 9.88 Å². The van der Waals surface area contributed by atoms with Crippen LogP contribution in [0.5, 0.6) is 0 Å². The van der Waals surface area contributed by atoms with Crippen LogP contribution in [0.4, 0.5) is 11.4 Å². The molecule has 1 saturated carbocycles. The Morgan fingerprint density at radius 3 is 2.30 bits per heavy atom. The van der Waals surface area contributed by atoms with E-state index in [0.29, 0.717) is 20.9 Å². The molecule has 4 aromatic rings. The molecule has 0 unspecified atom stereocenters. The molecule has 8 heteroatoms. The average molecular weight is 549 g/mol. The first kappa shape index (κ1) is 25.3. The molecule has 0 radical (unpaired) electrons. The molecule has 1 aliphatic rings. The van der Waals surface area contributed by atoms with Crippen LogP contribution in [0.25, 0.3) is 0 Å². The van der Waals surface area contributed by atoms with Crippen molar-refractivity contribution >= 4 is 58.1 Å². The molecule has 5 rings (SSSR count). The fourth-order valence-electron chi connectivity index (χ4n) is 3.94. The zero-order valence-corrected chi connectivity index (χ0v) is 21.9. The number of carboxylic acid groups (broad SMARTS) is 1. The van der Waals surface area contributed by atoms with E-state index < -0.39 is 5.97 Å². The lowest BCUT2D eigenvalue weighted by Crippen LogP contribution is -2.20. The third-order valence-corrected chi connectivity index (χ3v) is 7.94. The number of pyridine rings is 1. The number of aromatic nitrogens is 1. The van der Waals surface area contributed by atoms with Gasteiger partial charge in [0.1, 0.15) is 5.69 Å². The third-order valence-electron chi connectivity index (χ3n) is 6.10. The number of aromatic carboxylic acids is 1. The minimum Gasteiger partial charge on any atom is -0.478 e. The number of rotatable bonds is 9. The van der Waals surface area contributed by atoms with E-state index in [1.165, 1.54) is 30.7 Å². The third kappa shape index (κ3) is 5.99. The Bertz CT molecular complexity index is 1460.